The Morgan fingerprint density at radius 3 is 1.36 bits per heavy atom. The van der Waals surface area contributed by atoms with Crippen molar-refractivity contribution in [2.75, 3.05) is 27.3 Å². The molecule has 1 aromatic rings. The summed E-state index contributed by atoms with van der Waals surface area (Å²) >= 11 is 4.92. The van der Waals surface area contributed by atoms with Gasteiger partial charge in [-0.15, -0.1) is 0 Å². The zero-order valence-corrected chi connectivity index (χ0v) is 75.7. The van der Waals surface area contributed by atoms with E-state index in [0.29, 0.717) is 75.1 Å². The Morgan fingerprint density at radius 1 is 0.589 bits per heavy atom. The minimum absolute atomic E-state index is 0.00241. The molecule has 4 spiro atoms. The van der Waals surface area contributed by atoms with Crippen LogP contribution in [0, 0.1) is 112 Å². The van der Waals surface area contributed by atoms with Gasteiger partial charge in [0.05, 0.1) is 53.8 Å². The average molecular weight is 1610 g/mol. The second kappa shape index (κ2) is 32.0. The zero-order valence-electron chi connectivity index (χ0n) is 72.9. The SMILES string of the molecule is C=C(C)[C@@H](O)[C@H]1C[C@@H](C)[C@H]2[C@H](O1)[C@H](O[Si](CC)(CC)CC)[C@@]1(C)[C@@H]3CC[C@H]4C(C)(C)C(O[C@H]5CCCCO5)CCC45C[C@@]35CC[C@]21C.C=C(C)[C@@H](OC(=O)N(C)C)[C@H]1C[C@@H](C)[C@H]2[C@H](O1)[C@H](O[Si](CC)(CC)CC)[C@@]1(C)[C@@H]3CC[C@H]4C(C)(C)C(O[C@H]5CCCCO5)CCC45C[C@@]35CC[C@]21C.O=C(Cl)Oc1ccc([N+](=O)[O-])cc1. The van der Waals surface area contributed by atoms with Crippen molar-refractivity contribution in [2.45, 2.75) is 376 Å². The van der Waals surface area contributed by atoms with Gasteiger partial charge in [-0.3, -0.25) is 10.1 Å². The van der Waals surface area contributed by atoms with E-state index in [2.05, 4.69) is 129 Å². The second-order valence-corrected chi connectivity index (χ2v) is 51.3. The summed E-state index contributed by atoms with van der Waals surface area (Å²) in [6, 6.07) is 11.9. The molecule has 112 heavy (non-hydrogen) atoms. The van der Waals surface area contributed by atoms with Crippen LogP contribution in [0.25, 0.3) is 0 Å². The third kappa shape index (κ3) is 13.9. The maximum absolute atomic E-state index is 12.9. The van der Waals surface area contributed by atoms with E-state index in [1.54, 1.807) is 14.1 Å². The lowest BCUT2D eigenvalue weighted by Crippen LogP contribution is -2.61. The van der Waals surface area contributed by atoms with Gasteiger partial charge in [-0.25, -0.2) is 9.59 Å². The number of carbonyl (C=O) groups is 2. The Kier molecular flexibility index (Phi) is 24.8. The molecule has 20 heteroatoms. The minimum Gasteiger partial charge on any atom is -0.439 e. The topological polar surface area (TPSA) is 193 Å². The van der Waals surface area contributed by atoms with Crippen LogP contribution in [0.15, 0.2) is 48.6 Å². The number of rotatable bonds is 21. The van der Waals surface area contributed by atoms with Crippen molar-refractivity contribution in [1.29, 1.82) is 0 Å². The summed E-state index contributed by atoms with van der Waals surface area (Å²) in [6.07, 6.45) is 25.7. The molecule has 17 nitrogen and oxygen atoms in total. The number of fused-ring (bicyclic) bond motifs is 8. The number of nitro groups is 1. The van der Waals surface area contributed by atoms with Crippen LogP contribution in [0.3, 0.4) is 0 Å². The van der Waals surface area contributed by atoms with Crippen molar-refractivity contribution in [3.63, 3.8) is 0 Å². The van der Waals surface area contributed by atoms with E-state index in [1.807, 2.05) is 13.8 Å². The first-order chi connectivity index (χ1) is 52.8. The predicted molar refractivity (Wildman–Crippen MR) is 446 cm³/mol. The van der Waals surface area contributed by atoms with Crippen LogP contribution in [-0.2, 0) is 42.0 Å². The number of halogens is 1. The molecular formula is C92H149ClN2O15Si2. The van der Waals surface area contributed by atoms with Gasteiger partial charge in [-0.2, -0.15) is 0 Å². The number of hydrogen-bond acceptors (Lipinski definition) is 15. The van der Waals surface area contributed by atoms with E-state index in [-0.39, 0.29) is 105 Å². The Bertz CT molecular complexity index is 3540. The van der Waals surface area contributed by atoms with Crippen molar-refractivity contribution < 1.29 is 66.4 Å². The number of amides is 1. The zero-order chi connectivity index (χ0) is 81.3. The van der Waals surface area contributed by atoms with Crippen LogP contribution in [0.2, 0.25) is 36.3 Å². The van der Waals surface area contributed by atoms with Gasteiger partial charge in [0, 0.05) is 61.9 Å². The Balaban J connectivity index is 0.000000169. The molecule has 4 unspecified atom stereocenters. The highest BCUT2D eigenvalue weighted by molar-refractivity contribution is 6.74. The van der Waals surface area contributed by atoms with Crippen molar-refractivity contribution in [2.24, 2.45) is 101 Å². The maximum Gasteiger partial charge on any atom is 0.409 e. The van der Waals surface area contributed by atoms with Gasteiger partial charge in [0.15, 0.2) is 35.3 Å². The lowest BCUT2D eigenvalue weighted by Gasteiger charge is -2.64. The summed E-state index contributed by atoms with van der Waals surface area (Å²) in [5, 5.41) is 21.5. The number of carbonyl (C=O) groups excluding carboxylic acids is 2. The van der Waals surface area contributed by atoms with Gasteiger partial charge in [0.1, 0.15) is 11.9 Å². The van der Waals surface area contributed by atoms with Crippen LogP contribution in [0.1, 0.15) is 266 Å². The molecule has 4 aliphatic heterocycles. The molecule has 15 rings (SSSR count). The molecule has 4 heterocycles. The van der Waals surface area contributed by atoms with Crippen molar-refractivity contribution >= 4 is 45.4 Å². The molecule has 10 saturated carbocycles. The monoisotopic (exact) mass is 1610 g/mol. The summed E-state index contributed by atoms with van der Waals surface area (Å²) in [7, 11) is -0.484. The number of aliphatic hydroxyl groups excluding tert-OH is 1. The van der Waals surface area contributed by atoms with Crippen LogP contribution in [-0.4, -0.2) is 144 Å². The Labute approximate surface area is 681 Å². The third-order valence-corrected chi connectivity index (χ3v) is 45.8. The minimum atomic E-state index is -2.02. The molecule has 1 aromatic carbocycles. The lowest BCUT2D eigenvalue weighted by atomic mass is 9.41. The highest BCUT2D eigenvalue weighted by Crippen LogP contribution is 2.92. The molecule has 14 aliphatic rings. The molecule has 28 atom stereocenters. The van der Waals surface area contributed by atoms with E-state index < -0.39 is 39.2 Å². The molecule has 10 aliphatic carbocycles. The molecule has 0 aromatic heterocycles. The molecule has 1 N–H and O–H groups in total. The number of benzene rings is 1. The molecule has 4 saturated heterocycles. The maximum atomic E-state index is 12.9. The number of aliphatic hydroxyl groups is 1. The largest absolute Gasteiger partial charge is 0.439 e. The van der Waals surface area contributed by atoms with Crippen LogP contribution in [0.5, 0.6) is 5.75 Å². The molecule has 14 fully saturated rings. The van der Waals surface area contributed by atoms with Gasteiger partial charge in [0.25, 0.3) is 5.69 Å². The Morgan fingerprint density at radius 2 is 0.991 bits per heavy atom. The standard InChI is InChI=1S/C44H75NO6Si.C41H70O5Si.C7H4ClNO4/c1-13-52(14-2,15-3)51-38-37-35(29(6)26-30(48-37)36(28(4)5)50-39(46)45(11)12)41(9)23-24-44-27-43(44)22-21-33(49-34-18-16-17-25-47-34)40(7,8)31(43)19-20-32(44)42(38,41)10;1-11-47(12-2,13-3)46-36-35-33(27(6)24-28(44-35)34(42)26(4)5)38(9)21-22-41-25-40(41)20-19-31(45-32-16-14-15-23-43-32)37(7,8)29(40)17-18-30(41)39(36,38)10;8-7(10)13-6-3-1-5(2-4-6)9(11)12/h29-38H,4,13-27H2,1-3,5-12H3;27-36,42H,4,11-25H2,1-3,5-10H3;1-4H/t29-,30-,31+,32+,33?,34+,35+,36-,37+,38+,41-,42-,43?,44+;27-,28-,29+,30+,31?,32+,33+,34-,35+,36+,38-,39-,40?,41+;/m11./s1. The smallest absolute Gasteiger partial charge is 0.409 e. The summed E-state index contributed by atoms with van der Waals surface area (Å²) in [6.45, 7) is 54.2. The highest BCUT2D eigenvalue weighted by Gasteiger charge is 2.87. The molecule has 1 amide bonds. The lowest BCUT2D eigenvalue weighted by molar-refractivity contribution is -0.384. The normalized spacial score (nSPS) is 44.1. The van der Waals surface area contributed by atoms with Gasteiger partial charge in [0.2, 0.25) is 0 Å². The molecule has 0 radical (unpaired) electrons. The summed E-state index contributed by atoms with van der Waals surface area (Å²) in [5.74, 6) is 4.64. The number of hydrogen-bond donors (Lipinski definition) is 1. The fraction of sp³-hybridized carbons (Fsp3) is 0.870. The number of non-ortho nitro benzene ring substituents is 1. The van der Waals surface area contributed by atoms with E-state index >= 15 is 0 Å². The van der Waals surface area contributed by atoms with Crippen LogP contribution in [0.4, 0.5) is 15.3 Å². The van der Waals surface area contributed by atoms with Crippen LogP contribution < -0.4 is 4.74 Å². The second-order valence-electron chi connectivity index (χ2n) is 41.6. The fourth-order valence-corrected chi connectivity index (χ4v) is 36.0. The van der Waals surface area contributed by atoms with Crippen molar-refractivity contribution in [3.8, 4) is 5.75 Å². The first kappa shape index (κ1) is 87.0. The van der Waals surface area contributed by atoms with E-state index in [0.717, 1.165) is 99.1 Å². The molecular weight excluding hydrogens is 1460 g/mol. The van der Waals surface area contributed by atoms with Gasteiger partial charge in [-0.05, 0) is 305 Å². The van der Waals surface area contributed by atoms with E-state index in [1.165, 1.54) is 132 Å². The molecule has 632 valence electrons. The van der Waals surface area contributed by atoms with Crippen molar-refractivity contribution in [3.05, 3.63) is 58.7 Å². The Hall–Kier alpha value is -2.80. The van der Waals surface area contributed by atoms with Crippen molar-refractivity contribution in [1.82, 2.24) is 4.90 Å². The number of nitrogens with zero attached hydrogens (tertiary/aromatic N) is 2. The average Bonchev–Trinajstić information content (AvgIpc) is 1.46. The fourth-order valence-electron chi connectivity index (χ4n) is 30.1. The van der Waals surface area contributed by atoms with Crippen LogP contribution >= 0.6 is 11.6 Å². The van der Waals surface area contributed by atoms with E-state index in [4.69, 9.17) is 53.6 Å². The third-order valence-electron chi connectivity index (χ3n) is 36.5. The number of ether oxygens (including phenoxy) is 8. The van der Waals surface area contributed by atoms with Gasteiger partial charge in [-0.1, -0.05) is 124 Å². The van der Waals surface area contributed by atoms with E-state index in [9.17, 15) is 24.8 Å². The summed E-state index contributed by atoms with van der Waals surface area (Å²) in [5.41, 5.74) is 2.88. The first-order valence-corrected chi connectivity index (χ1v) is 50.4. The first-order valence-electron chi connectivity index (χ1n) is 45.0. The number of nitro benzene ring substituents is 1. The summed E-state index contributed by atoms with van der Waals surface area (Å²) in [4.78, 5) is 34.3. The predicted octanol–water partition coefficient (Wildman–Crippen LogP) is 22.4. The van der Waals surface area contributed by atoms with Gasteiger partial charge >= 0.3 is 11.5 Å². The van der Waals surface area contributed by atoms with Gasteiger partial charge < -0.3 is 56.8 Å². The highest BCUT2D eigenvalue weighted by atomic mass is 35.5. The molecule has 0 bridgehead atoms. The summed E-state index contributed by atoms with van der Waals surface area (Å²) < 4.78 is 67.0. The quantitative estimate of drug-likeness (QED) is 0.0305.